The Bertz CT molecular complexity index is 1060. The van der Waals surface area contributed by atoms with E-state index in [-0.39, 0.29) is 17.1 Å². The van der Waals surface area contributed by atoms with Crippen molar-refractivity contribution in [2.24, 2.45) is 0 Å². The standard InChI is InChI=1S/C20H20FN3O3S/c1-15-13-19(24(23-15)14-16-5-3-2-4-6-16)22-20(25)11-12-28(26,27)18-9-7-17(21)8-10-18/h2-10,13H,11-12,14H2,1H3,(H,22,25). The van der Waals surface area contributed by atoms with Crippen LogP contribution in [0.5, 0.6) is 0 Å². The highest BCUT2D eigenvalue weighted by molar-refractivity contribution is 7.91. The van der Waals surface area contributed by atoms with Crippen LogP contribution in [0.1, 0.15) is 17.7 Å². The van der Waals surface area contributed by atoms with E-state index in [9.17, 15) is 17.6 Å². The molecule has 0 saturated heterocycles. The Balaban J connectivity index is 1.64. The lowest BCUT2D eigenvalue weighted by Crippen LogP contribution is -2.19. The lowest BCUT2D eigenvalue weighted by atomic mass is 10.2. The average Bonchev–Trinajstić information content (AvgIpc) is 3.00. The maximum atomic E-state index is 13.0. The Kier molecular flexibility index (Phi) is 5.89. The van der Waals surface area contributed by atoms with Gasteiger partial charge in [0, 0.05) is 12.5 Å². The zero-order valence-electron chi connectivity index (χ0n) is 15.3. The SMILES string of the molecule is Cc1cc(NC(=O)CCS(=O)(=O)c2ccc(F)cc2)n(Cc2ccccc2)n1. The molecular formula is C20H20FN3O3S. The lowest BCUT2D eigenvalue weighted by molar-refractivity contribution is -0.115. The summed E-state index contributed by atoms with van der Waals surface area (Å²) in [5.74, 6) is -0.805. The molecule has 0 spiro atoms. The number of sulfone groups is 1. The number of aromatic nitrogens is 2. The fourth-order valence-electron chi connectivity index (χ4n) is 2.72. The van der Waals surface area contributed by atoms with E-state index in [0.29, 0.717) is 12.4 Å². The van der Waals surface area contributed by atoms with Gasteiger partial charge in [0.2, 0.25) is 5.91 Å². The summed E-state index contributed by atoms with van der Waals surface area (Å²) in [6, 6.07) is 16.0. The number of benzene rings is 2. The smallest absolute Gasteiger partial charge is 0.226 e. The highest BCUT2D eigenvalue weighted by Gasteiger charge is 2.17. The van der Waals surface area contributed by atoms with Crippen LogP contribution in [0.15, 0.2) is 65.6 Å². The third kappa shape index (κ3) is 5.04. The van der Waals surface area contributed by atoms with E-state index in [0.717, 1.165) is 23.4 Å². The molecule has 1 amide bonds. The van der Waals surface area contributed by atoms with Crippen LogP contribution in [-0.4, -0.2) is 29.9 Å². The van der Waals surface area contributed by atoms with Gasteiger partial charge in [0.1, 0.15) is 11.6 Å². The Labute approximate surface area is 162 Å². The van der Waals surface area contributed by atoms with Crippen LogP contribution in [0.2, 0.25) is 0 Å². The summed E-state index contributed by atoms with van der Waals surface area (Å²) in [6.45, 7) is 2.30. The molecule has 1 N–H and O–H groups in total. The maximum absolute atomic E-state index is 13.0. The first-order valence-corrected chi connectivity index (χ1v) is 10.4. The van der Waals surface area contributed by atoms with E-state index in [4.69, 9.17) is 0 Å². The minimum absolute atomic E-state index is 0.00772. The molecule has 0 bridgehead atoms. The predicted octanol–water partition coefficient (Wildman–Crippen LogP) is 3.18. The first kappa shape index (κ1) is 19.8. The van der Waals surface area contributed by atoms with Crippen LogP contribution in [0.4, 0.5) is 10.2 Å². The lowest BCUT2D eigenvalue weighted by Gasteiger charge is -2.09. The first-order valence-electron chi connectivity index (χ1n) is 8.70. The van der Waals surface area contributed by atoms with E-state index in [2.05, 4.69) is 10.4 Å². The normalized spacial score (nSPS) is 11.4. The molecule has 2 aromatic carbocycles. The van der Waals surface area contributed by atoms with Crippen molar-refractivity contribution < 1.29 is 17.6 Å². The molecule has 6 nitrogen and oxygen atoms in total. The zero-order chi connectivity index (χ0) is 20.1. The van der Waals surface area contributed by atoms with Crippen molar-refractivity contribution >= 4 is 21.6 Å². The average molecular weight is 401 g/mol. The Morgan fingerprint density at radius 1 is 1.11 bits per heavy atom. The van der Waals surface area contributed by atoms with Gasteiger partial charge in [-0.2, -0.15) is 5.10 Å². The summed E-state index contributed by atoms with van der Waals surface area (Å²) in [4.78, 5) is 12.3. The molecule has 0 fully saturated rings. The second-order valence-corrected chi connectivity index (χ2v) is 8.49. The number of rotatable bonds is 7. The van der Waals surface area contributed by atoms with Crippen LogP contribution in [-0.2, 0) is 21.2 Å². The minimum Gasteiger partial charge on any atom is -0.311 e. The molecule has 146 valence electrons. The van der Waals surface area contributed by atoms with E-state index >= 15 is 0 Å². The summed E-state index contributed by atoms with van der Waals surface area (Å²) < 4.78 is 39.2. The molecule has 0 aliphatic carbocycles. The van der Waals surface area contributed by atoms with Crippen LogP contribution in [0.25, 0.3) is 0 Å². The molecule has 3 rings (SSSR count). The molecule has 0 atom stereocenters. The van der Waals surface area contributed by atoms with Gasteiger partial charge in [-0.05, 0) is 36.8 Å². The first-order chi connectivity index (χ1) is 13.3. The van der Waals surface area contributed by atoms with Crippen molar-refractivity contribution in [3.8, 4) is 0 Å². The molecular weight excluding hydrogens is 381 g/mol. The van der Waals surface area contributed by atoms with Gasteiger partial charge >= 0.3 is 0 Å². The number of halogens is 1. The summed E-state index contributed by atoms with van der Waals surface area (Å²) in [7, 11) is -3.67. The molecule has 8 heteroatoms. The van der Waals surface area contributed by atoms with Gasteiger partial charge in [-0.3, -0.25) is 4.79 Å². The fourth-order valence-corrected chi connectivity index (χ4v) is 3.96. The minimum atomic E-state index is -3.67. The van der Waals surface area contributed by atoms with Crippen molar-refractivity contribution in [2.75, 3.05) is 11.1 Å². The highest BCUT2D eigenvalue weighted by atomic mass is 32.2. The van der Waals surface area contributed by atoms with E-state index in [1.54, 1.807) is 10.7 Å². The number of anilines is 1. The van der Waals surface area contributed by atoms with Crippen LogP contribution < -0.4 is 5.32 Å². The number of aryl methyl sites for hydroxylation is 1. The van der Waals surface area contributed by atoms with Gasteiger partial charge in [0.25, 0.3) is 0 Å². The number of hydrogen-bond donors (Lipinski definition) is 1. The number of hydrogen-bond acceptors (Lipinski definition) is 4. The quantitative estimate of drug-likeness (QED) is 0.617. The molecule has 1 heterocycles. The fraction of sp³-hybridized carbons (Fsp3) is 0.200. The molecule has 0 saturated carbocycles. The Morgan fingerprint density at radius 2 is 1.79 bits per heavy atom. The van der Waals surface area contributed by atoms with Gasteiger partial charge in [-0.1, -0.05) is 30.3 Å². The maximum Gasteiger partial charge on any atom is 0.226 e. The monoisotopic (exact) mass is 401 g/mol. The molecule has 0 aliphatic heterocycles. The van der Waals surface area contributed by atoms with E-state index in [1.165, 1.54) is 12.1 Å². The zero-order valence-corrected chi connectivity index (χ0v) is 16.1. The van der Waals surface area contributed by atoms with Crippen molar-refractivity contribution in [3.05, 3.63) is 77.7 Å². The van der Waals surface area contributed by atoms with Crippen LogP contribution in [0, 0.1) is 12.7 Å². The molecule has 0 unspecified atom stereocenters. The van der Waals surface area contributed by atoms with Crippen LogP contribution in [0.3, 0.4) is 0 Å². The van der Waals surface area contributed by atoms with Gasteiger partial charge in [-0.15, -0.1) is 0 Å². The molecule has 1 aromatic heterocycles. The number of amides is 1. The molecule has 3 aromatic rings. The Morgan fingerprint density at radius 3 is 2.46 bits per heavy atom. The second-order valence-electron chi connectivity index (χ2n) is 6.39. The van der Waals surface area contributed by atoms with Crippen molar-refractivity contribution in [3.63, 3.8) is 0 Å². The number of nitrogens with one attached hydrogen (secondary N) is 1. The largest absolute Gasteiger partial charge is 0.311 e. The second kappa shape index (κ2) is 8.35. The number of nitrogens with zero attached hydrogens (tertiary/aromatic N) is 2. The van der Waals surface area contributed by atoms with Crippen molar-refractivity contribution in [1.29, 1.82) is 0 Å². The Hall–Kier alpha value is -3.00. The summed E-state index contributed by atoms with van der Waals surface area (Å²) in [5, 5.41) is 7.09. The molecule has 0 radical (unpaired) electrons. The molecule has 28 heavy (non-hydrogen) atoms. The third-order valence-corrected chi connectivity index (χ3v) is 5.85. The molecule has 0 aliphatic rings. The number of carbonyl (C=O) groups excluding carboxylic acids is 1. The summed E-state index contributed by atoms with van der Waals surface area (Å²) in [6.07, 6.45) is -0.213. The topological polar surface area (TPSA) is 81.1 Å². The van der Waals surface area contributed by atoms with Gasteiger partial charge < -0.3 is 5.32 Å². The van der Waals surface area contributed by atoms with Crippen molar-refractivity contribution in [1.82, 2.24) is 9.78 Å². The third-order valence-electron chi connectivity index (χ3n) is 4.12. The van der Waals surface area contributed by atoms with Gasteiger partial charge in [0.05, 0.1) is 22.9 Å². The summed E-state index contributed by atoms with van der Waals surface area (Å²) >= 11 is 0. The van der Waals surface area contributed by atoms with Gasteiger partial charge in [0.15, 0.2) is 9.84 Å². The summed E-state index contributed by atoms with van der Waals surface area (Å²) in [5.41, 5.74) is 1.77. The van der Waals surface area contributed by atoms with E-state index in [1.807, 2.05) is 37.3 Å². The van der Waals surface area contributed by atoms with Crippen molar-refractivity contribution in [2.45, 2.75) is 24.8 Å². The highest BCUT2D eigenvalue weighted by Crippen LogP contribution is 2.15. The van der Waals surface area contributed by atoms with E-state index < -0.39 is 21.6 Å². The van der Waals surface area contributed by atoms with Gasteiger partial charge in [-0.25, -0.2) is 17.5 Å². The number of carbonyl (C=O) groups is 1. The predicted molar refractivity (Wildman–Crippen MR) is 104 cm³/mol. The van der Waals surface area contributed by atoms with Crippen LogP contribution >= 0.6 is 0 Å².